The number of ether oxygens (including phenoxy) is 1. The Morgan fingerprint density at radius 1 is 1.27 bits per heavy atom. The first-order valence-electron chi connectivity index (χ1n) is 6.84. The first kappa shape index (κ1) is 12.6. The lowest BCUT2D eigenvalue weighted by Gasteiger charge is -2.06. The summed E-state index contributed by atoms with van der Waals surface area (Å²) in [5.74, 6) is 1.05. The van der Waals surface area contributed by atoms with Gasteiger partial charge in [-0.15, -0.1) is 0 Å². The zero-order valence-electron chi connectivity index (χ0n) is 12.2. The lowest BCUT2D eigenvalue weighted by atomic mass is 10.1. The Bertz CT molecular complexity index is 971. The van der Waals surface area contributed by atoms with Crippen molar-refractivity contribution >= 4 is 22.6 Å². The molecule has 0 saturated carbocycles. The van der Waals surface area contributed by atoms with Crippen LogP contribution in [0.1, 0.15) is 0 Å². The number of anilines is 1. The summed E-state index contributed by atoms with van der Waals surface area (Å²) in [7, 11) is 3.38. The molecule has 0 bridgehead atoms. The summed E-state index contributed by atoms with van der Waals surface area (Å²) < 4.78 is 7.41. The number of rotatable bonds is 3. The molecule has 110 valence electrons. The van der Waals surface area contributed by atoms with Crippen molar-refractivity contribution in [2.45, 2.75) is 0 Å². The van der Waals surface area contributed by atoms with Crippen LogP contribution in [0.5, 0.6) is 5.88 Å². The quantitative estimate of drug-likeness (QED) is 0.606. The minimum absolute atomic E-state index is 0.516. The second-order valence-corrected chi connectivity index (χ2v) is 4.84. The number of nitrogens with one attached hydrogen (secondary N) is 2. The van der Waals surface area contributed by atoms with Gasteiger partial charge in [0.05, 0.1) is 12.5 Å². The van der Waals surface area contributed by atoms with Crippen LogP contribution in [-0.4, -0.2) is 38.5 Å². The van der Waals surface area contributed by atoms with Crippen molar-refractivity contribution < 1.29 is 4.74 Å². The Hall–Kier alpha value is -3.09. The Labute approximate surface area is 126 Å². The van der Waals surface area contributed by atoms with Crippen molar-refractivity contribution in [1.29, 1.82) is 0 Å². The number of pyridine rings is 1. The fourth-order valence-electron chi connectivity index (χ4n) is 2.57. The lowest BCUT2D eigenvalue weighted by molar-refractivity contribution is 0.403. The van der Waals surface area contributed by atoms with E-state index in [4.69, 9.17) is 4.74 Å². The second-order valence-electron chi connectivity index (χ2n) is 4.84. The molecule has 0 unspecified atom stereocenters. The van der Waals surface area contributed by atoms with Gasteiger partial charge in [0.2, 0.25) is 11.8 Å². The number of aromatic nitrogens is 5. The molecule has 0 aliphatic carbocycles. The Kier molecular flexibility index (Phi) is 2.72. The fourth-order valence-corrected chi connectivity index (χ4v) is 2.57. The number of methoxy groups -OCH3 is 1. The van der Waals surface area contributed by atoms with Crippen LogP contribution < -0.4 is 10.1 Å². The molecular weight excluding hydrogens is 280 g/mol. The molecule has 0 saturated heterocycles. The molecule has 7 heteroatoms. The van der Waals surface area contributed by atoms with Crippen molar-refractivity contribution in [3.05, 3.63) is 36.9 Å². The number of hydrogen-bond acceptors (Lipinski definition) is 5. The van der Waals surface area contributed by atoms with Gasteiger partial charge in [0.15, 0.2) is 0 Å². The van der Waals surface area contributed by atoms with Crippen LogP contribution >= 0.6 is 0 Å². The molecule has 0 atom stereocenters. The van der Waals surface area contributed by atoms with Crippen LogP contribution in [0.15, 0.2) is 36.9 Å². The van der Waals surface area contributed by atoms with Crippen LogP contribution in [0.2, 0.25) is 0 Å². The Morgan fingerprint density at radius 2 is 2.18 bits per heavy atom. The Balaban J connectivity index is 1.98. The summed E-state index contributed by atoms with van der Waals surface area (Å²) in [6.45, 7) is 0. The molecule has 0 spiro atoms. The molecule has 4 heterocycles. The average Bonchev–Trinajstić information content (AvgIpc) is 3.19. The van der Waals surface area contributed by atoms with Crippen molar-refractivity contribution in [3.8, 4) is 17.0 Å². The predicted molar refractivity (Wildman–Crippen MR) is 84.2 cm³/mol. The molecule has 0 radical (unpaired) electrons. The zero-order chi connectivity index (χ0) is 15.1. The van der Waals surface area contributed by atoms with E-state index in [1.54, 1.807) is 20.4 Å². The fraction of sp³-hybridized carbons (Fsp3) is 0.133. The monoisotopic (exact) mass is 294 g/mol. The zero-order valence-corrected chi connectivity index (χ0v) is 12.2. The molecule has 0 aliphatic rings. The van der Waals surface area contributed by atoms with Crippen molar-refractivity contribution in [2.75, 3.05) is 19.5 Å². The highest BCUT2D eigenvalue weighted by Crippen LogP contribution is 2.34. The van der Waals surface area contributed by atoms with Crippen LogP contribution in [0.3, 0.4) is 0 Å². The number of H-pyrrole nitrogens is 1. The molecule has 4 aromatic rings. The minimum Gasteiger partial charge on any atom is -0.480 e. The lowest BCUT2D eigenvalue weighted by Crippen LogP contribution is -1.99. The largest absolute Gasteiger partial charge is 0.480 e. The number of nitrogens with zero attached hydrogens (tertiary/aromatic N) is 4. The second kappa shape index (κ2) is 4.73. The van der Waals surface area contributed by atoms with Crippen LogP contribution in [0.25, 0.3) is 27.8 Å². The van der Waals surface area contributed by atoms with Crippen molar-refractivity contribution in [3.63, 3.8) is 0 Å². The summed E-state index contributed by atoms with van der Waals surface area (Å²) in [6.07, 6.45) is 7.63. The van der Waals surface area contributed by atoms with Gasteiger partial charge in [0, 0.05) is 43.0 Å². The molecule has 4 rings (SSSR count). The normalized spacial score (nSPS) is 11.2. The summed E-state index contributed by atoms with van der Waals surface area (Å²) in [4.78, 5) is 16.2. The minimum atomic E-state index is 0.516. The van der Waals surface area contributed by atoms with Crippen molar-refractivity contribution in [2.24, 2.45) is 0 Å². The van der Waals surface area contributed by atoms with E-state index in [1.165, 1.54) is 0 Å². The van der Waals surface area contributed by atoms with Gasteiger partial charge in [-0.1, -0.05) is 0 Å². The first-order valence-corrected chi connectivity index (χ1v) is 6.84. The summed E-state index contributed by atoms with van der Waals surface area (Å²) in [5.41, 5.74) is 3.67. The summed E-state index contributed by atoms with van der Waals surface area (Å²) in [6, 6.07) is 4.00. The van der Waals surface area contributed by atoms with Gasteiger partial charge in [-0.2, -0.15) is 9.97 Å². The molecule has 7 nitrogen and oxygen atoms in total. The highest BCUT2D eigenvalue weighted by molar-refractivity contribution is 5.97. The van der Waals surface area contributed by atoms with E-state index in [-0.39, 0.29) is 0 Å². The van der Waals surface area contributed by atoms with E-state index in [9.17, 15) is 0 Å². The van der Waals surface area contributed by atoms with Gasteiger partial charge in [-0.05, 0) is 12.1 Å². The molecule has 22 heavy (non-hydrogen) atoms. The molecule has 4 aromatic heterocycles. The van der Waals surface area contributed by atoms with Gasteiger partial charge < -0.3 is 19.4 Å². The summed E-state index contributed by atoms with van der Waals surface area (Å²) in [5, 5.41) is 3.79. The number of aromatic amines is 1. The maximum absolute atomic E-state index is 5.43. The van der Waals surface area contributed by atoms with Crippen LogP contribution in [-0.2, 0) is 0 Å². The topological polar surface area (TPSA) is 80.1 Å². The summed E-state index contributed by atoms with van der Waals surface area (Å²) >= 11 is 0. The number of imidazole rings is 1. The van der Waals surface area contributed by atoms with E-state index in [1.807, 2.05) is 35.1 Å². The molecule has 0 aromatic carbocycles. The van der Waals surface area contributed by atoms with Gasteiger partial charge in [0.1, 0.15) is 11.3 Å². The SMILES string of the molecule is CNc1nc(OC)c2c(-c3ccc4nccn4c3)c[nH]c2n1. The van der Waals surface area contributed by atoms with Gasteiger partial charge in [0.25, 0.3) is 0 Å². The Morgan fingerprint density at radius 3 is 3.00 bits per heavy atom. The maximum atomic E-state index is 5.43. The third-order valence-corrected chi connectivity index (χ3v) is 3.62. The highest BCUT2D eigenvalue weighted by atomic mass is 16.5. The van der Waals surface area contributed by atoms with E-state index in [0.717, 1.165) is 27.8 Å². The van der Waals surface area contributed by atoms with Gasteiger partial charge in [-0.25, -0.2) is 4.98 Å². The van der Waals surface area contributed by atoms with Gasteiger partial charge in [-0.3, -0.25) is 0 Å². The average molecular weight is 294 g/mol. The first-order chi connectivity index (χ1) is 10.8. The number of fused-ring (bicyclic) bond motifs is 2. The molecule has 0 fully saturated rings. The van der Waals surface area contributed by atoms with Gasteiger partial charge >= 0.3 is 0 Å². The number of hydrogen-bond donors (Lipinski definition) is 2. The van der Waals surface area contributed by atoms with E-state index in [2.05, 4.69) is 25.3 Å². The smallest absolute Gasteiger partial charge is 0.228 e. The van der Waals surface area contributed by atoms with Crippen LogP contribution in [0, 0.1) is 0 Å². The molecule has 2 N–H and O–H groups in total. The van der Waals surface area contributed by atoms with E-state index in [0.29, 0.717) is 11.8 Å². The van der Waals surface area contributed by atoms with Crippen molar-refractivity contribution in [1.82, 2.24) is 24.3 Å². The van der Waals surface area contributed by atoms with Crippen LogP contribution in [0.4, 0.5) is 5.95 Å². The predicted octanol–water partition coefficient (Wildman–Crippen LogP) is 2.32. The molecular formula is C15H14N6O. The standard InChI is InChI=1S/C15H14N6O/c1-16-15-19-13-12(14(20-15)22-2)10(7-18-13)9-3-4-11-17-5-6-21(11)8-9/h3-8H,1-2H3,(H2,16,18,19,20). The highest BCUT2D eigenvalue weighted by Gasteiger charge is 2.15. The maximum Gasteiger partial charge on any atom is 0.228 e. The molecule has 0 aliphatic heterocycles. The molecule has 0 amide bonds. The third kappa shape index (κ3) is 1.79. The third-order valence-electron chi connectivity index (χ3n) is 3.62. The van der Waals surface area contributed by atoms with E-state index >= 15 is 0 Å². The van der Waals surface area contributed by atoms with E-state index < -0.39 is 0 Å².